The van der Waals surface area contributed by atoms with E-state index in [1.165, 1.54) is 0 Å². The molecular formula is C15H19N3O. The van der Waals surface area contributed by atoms with Crippen LogP contribution < -0.4 is 10.5 Å². The molecule has 2 rings (SSSR count). The molecule has 0 aliphatic carbocycles. The van der Waals surface area contributed by atoms with Gasteiger partial charge in [-0.05, 0) is 38.1 Å². The lowest BCUT2D eigenvalue weighted by Gasteiger charge is -2.12. The first-order chi connectivity index (χ1) is 9.15. The maximum Gasteiger partial charge on any atom is 0.141 e. The number of aryl methyl sites for hydroxylation is 1. The highest BCUT2D eigenvalue weighted by molar-refractivity contribution is 5.30. The quantitative estimate of drug-likeness (QED) is 0.892. The van der Waals surface area contributed by atoms with Crippen molar-refractivity contribution in [2.75, 3.05) is 0 Å². The second-order valence-electron chi connectivity index (χ2n) is 4.69. The van der Waals surface area contributed by atoms with Crippen LogP contribution in [-0.4, -0.2) is 16.0 Å². The van der Waals surface area contributed by atoms with E-state index in [0.717, 1.165) is 22.8 Å². The number of ether oxygens (including phenoxy) is 1. The molecule has 2 aromatic heterocycles. The van der Waals surface area contributed by atoms with Crippen LogP contribution in [0.5, 0.6) is 5.75 Å². The Balaban J connectivity index is 2.11. The first kappa shape index (κ1) is 13.5. The fraction of sp³-hybridized carbons (Fsp3) is 0.333. The molecule has 2 N–H and O–H groups in total. The zero-order valence-corrected chi connectivity index (χ0v) is 11.3. The molecule has 0 saturated carbocycles. The molecule has 0 fully saturated rings. The molecule has 0 aliphatic heterocycles. The Hall–Kier alpha value is -1.94. The van der Waals surface area contributed by atoms with Gasteiger partial charge >= 0.3 is 0 Å². The first-order valence-corrected chi connectivity index (χ1v) is 6.40. The summed E-state index contributed by atoms with van der Waals surface area (Å²) in [5.41, 5.74) is 8.62. The predicted molar refractivity (Wildman–Crippen MR) is 74.9 cm³/mol. The minimum absolute atomic E-state index is 0.0616. The van der Waals surface area contributed by atoms with Crippen molar-refractivity contribution in [2.45, 2.75) is 32.9 Å². The van der Waals surface area contributed by atoms with Crippen LogP contribution in [0.25, 0.3) is 0 Å². The third-order valence-corrected chi connectivity index (χ3v) is 2.69. The molecule has 0 aromatic carbocycles. The molecule has 0 spiro atoms. The van der Waals surface area contributed by atoms with E-state index < -0.39 is 0 Å². The topological polar surface area (TPSA) is 61.0 Å². The van der Waals surface area contributed by atoms with Gasteiger partial charge in [0.05, 0.1) is 11.4 Å². The fourth-order valence-electron chi connectivity index (χ4n) is 1.82. The number of rotatable bonds is 5. The Bertz CT molecular complexity index is 526. The summed E-state index contributed by atoms with van der Waals surface area (Å²) < 4.78 is 5.80. The number of pyridine rings is 2. The molecule has 0 bridgehead atoms. The number of nitrogens with zero attached hydrogens (tertiary/aromatic N) is 2. The number of hydrogen-bond donors (Lipinski definition) is 1. The Labute approximate surface area is 113 Å². The molecular weight excluding hydrogens is 238 g/mol. The van der Waals surface area contributed by atoms with Crippen molar-refractivity contribution in [2.24, 2.45) is 5.73 Å². The van der Waals surface area contributed by atoms with E-state index in [0.29, 0.717) is 13.0 Å². The van der Waals surface area contributed by atoms with Gasteiger partial charge in [0, 0.05) is 24.4 Å². The van der Waals surface area contributed by atoms with Crippen molar-refractivity contribution in [3.05, 3.63) is 53.6 Å². The second-order valence-corrected chi connectivity index (χ2v) is 4.69. The van der Waals surface area contributed by atoms with Crippen LogP contribution in [-0.2, 0) is 13.0 Å². The lowest BCUT2D eigenvalue weighted by molar-refractivity contribution is 0.295. The molecule has 19 heavy (non-hydrogen) atoms. The van der Waals surface area contributed by atoms with E-state index in [-0.39, 0.29) is 6.04 Å². The molecule has 0 radical (unpaired) electrons. The molecule has 1 atom stereocenters. The highest BCUT2D eigenvalue weighted by atomic mass is 16.5. The van der Waals surface area contributed by atoms with Crippen LogP contribution in [0.3, 0.4) is 0 Å². The monoisotopic (exact) mass is 257 g/mol. The van der Waals surface area contributed by atoms with Gasteiger partial charge in [0.2, 0.25) is 0 Å². The van der Waals surface area contributed by atoms with Crippen molar-refractivity contribution in [1.29, 1.82) is 0 Å². The smallest absolute Gasteiger partial charge is 0.141 e. The highest BCUT2D eigenvalue weighted by Gasteiger charge is 2.08. The van der Waals surface area contributed by atoms with Gasteiger partial charge in [-0.2, -0.15) is 0 Å². The zero-order chi connectivity index (χ0) is 13.7. The van der Waals surface area contributed by atoms with Crippen LogP contribution in [0.2, 0.25) is 0 Å². The van der Waals surface area contributed by atoms with E-state index in [4.69, 9.17) is 10.5 Å². The van der Waals surface area contributed by atoms with Gasteiger partial charge in [-0.3, -0.25) is 9.97 Å². The molecule has 0 aliphatic rings. The Kier molecular flexibility index (Phi) is 4.47. The van der Waals surface area contributed by atoms with Gasteiger partial charge in [0.1, 0.15) is 12.4 Å². The normalized spacial score (nSPS) is 12.2. The molecule has 100 valence electrons. The largest absolute Gasteiger partial charge is 0.485 e. The van der Waals surface area contributed by atoms with Crippen molar-refractivity contribution < 1.29 is 4.74 Å². The minimum Gasteiger partial charge on any atom is -0.485 e. The van der Waals surface area contributed by atoms with Crippen LogP contribution in [0.1, 0.15) is 24.0 Å². The maximum atomic E-state index is 5.84. The summed E-state index contributed by atoms with van der Waals surface area (Å²) in [6, 6.07) is 9.72. The summed E-state index contributed by atoms with van der Waals surface area (Å²) in [6.45, 7) is 4.37. The standard InChI is InChI=1S/C15H19N3O/c1-11(16)9-14-15(7-6-12(2)18-14)19-10-13-5-3-4-8-17-13/h3-8,11H,9-10,16H2,1-2H3. The molecule has 2 aromatic rings. The molecule has 0 saturated heterocycles. The van der Waals surface area contributed by atoms with Gasteiger partial charge in [-0.15, -0.1) is 0 Å². The average Bonchev–Trinajstić information content (AvgIpc) is 2.38. The average molecular weight is 257 g/mol. The third-order valence-electron chi connectivity index (χ3n) is 2.69. The third kappa shape index (κ3) is 4.03. The van der Waals surface area contributed by atoms with Gasteiger partial charge in [0.15, 0.2) is 0 Å². The van der Waals surface area contributed by atoms with Crippen molar-refractivity contribution in [3.8, 4) is 5.75 Å². The number of hydrogen-bond acceptors (Lipinski definition) is 4. The lowest BCUT2D eigenvalue weighted by atomic mass is 10.1. The molecule has 4 heteroatoms. The number of aromatic nitrogens is 2. The van der Waals surface area contributed by atoms with Gasteiger partial charge in [0.25, 0.3) is 0 Å². The predicted octanol–water partition coefficient (Wildman–Crippen LogP) is 2.25. The summed E-state index contributed by atoms with van der Waals surface area (Å²) in [4.78, 5) is 8.73. The lowest BCUT2D eigenvalue weighted by Crippen LogP contribution is -2.19. The van der Waals surface area contributed by atoms with E-state index in [2.05, 4.69) is 9.97 Å². The maximum absolute atomic E-state index is 5.84. The van der Waals surface area contributed by atoms with Gasteiger partial charge in [-0.1, -0.05) is 6.07 Å². The van der Waals surface area contributed by atoms with Crippen LogP contribution in [0.4, 0.5) is 0 Å². The van der Waals surface area contributed by atoms with Crippen molar-refractivity contribution in [1.82, 2.24) is 9.97 Å². The summed E-state index contributed by atoms with van der Waals surface area (Å²) in [7, 11) is 0. The Morgan fingerprint density at radius 2 is 2.11 bits per heavy atom. The summed E-state index contributed by atoms with van der Waals surface area (Å²) in [5.74, 6) is 0.786. The van der Waals surface area contributed by atoms with Crippen molar-refractivity contribution in [3.63, 3.8) is 0 Å². The second kappa shape index (κ2) is 6.29. The van der Waals surface area contributed by atoms with Crippen LogP contribution in [0.15, 0.2) is 36.5 Å². The first-order valence-electron chi connectivity index (χ1n) is 6.40. The van der Waals surface area contributed by atoms with E-state index in [9.17, 15) is 0 Å². The van der Waals surface area contributed by atoms with Crippen LogP contribution in [0, 0.1) is 6.92 Å². The Morgan fingerprint density at radius 1 is 1.26 bits per heavy atom. The summed E-state index contributed by atoms with van der Waals surface area (Å²) >= 11 is 0. The molecule has 2 heterocycles. The highest BCUT2D eigenvalue weighted by Crippen LogP contribution is 2.19. The molecule has 0 amide bonds. The zero-order valence-electron chi connectivity index (χ0n) is 11.3. The van der Waals surface area contributed by atoms with E-state index in [1.807, 2.05) is 44.2 Å². The fourth-order valence-corrected chi connectivity index (χ4v) is 1.82. The molecule has 4 nitrogen and oxygen atoms in total. The van der Waals surface area contributed by atoms with Gasteiger partial charge in [-0.25, -0.2) is 0 Å². The molecule has 1 unspecified atom stereocenters. The summed E-state index contributed by atoms with van der Waals surface area (Å²) in [6.07, 6.45) is 2.47. The SMILES string of the molecule is Cc1ccc(OCc2ccccn2)c(CC(C)N)n1. The van der Waals surface area contributed by atoms with E-state index in [1.54, 1.807) is 6.20 Å². The van der Waals surface area contributed by atoms with Crippen molar-refractivity contribution >= 4 is 0 Å². The minimum atomic E-state index is 0.0616. The van der Waals surface area contributed by atoms with E-state index >= 15 is 0 Å². The number of nitrogens with two attached hydrogens (primary N) is 1. The van der Waals surface area contributed by atoms with Crippen LogP contribution >= 0.6 is 0 Å². The Morgan fingerprint density at radius 3 is 2.79 bits per heavy atom. The van der Waals surface area contributed by atoms with Gasteiger partial charge < -0.3 is 10.5 Å². The summed E-state index contributed by atoms with van der Waals surface area (Å²) in [5, 5.41) is 0.